The summed E-state index contributed by atoms with van der Waals surface area (Å²) in [5.41, 5.74) is 0. The molecule has 2 N–H and O–H groups in total. The van der Waals surface area contributed by atoms with Gasteiger partial charge < -0.3 is 15.4 Å². The Kier molecular flexibility index (Phi) is 7.63. The Morgan fingerprint density at radius 2 is 2.23 bits per heavy atom. The molecule has 0 spiro atoms. The van der Waals surface area contributed by atoms with E-state index in [1.807, 2.05) is 0 Å². The molecule has 0 aromatic rings. The summed E-state index contributed by atoms with van der Waals surface area (Å²) in [6, 6.07) is 0.396. The predicted octanol–water partition coefficient (Wildman–Crippen LogP) is 0.137. The van der Waals surface area contributed by atoms with Gasteiger partial charge in [-0.1, -0.05) is 6.92 Å². The van der Waals surface area contributed by atoms with Crippen LogP contribution in [0.3, 0.4) is 0 Å². The van der Waals surface area contributed by atoms with Crippen LogP contribution in [0, 0.1) is 0 Å². The number of ether oxygens (including phenoxy) is 1. The Morgan fingerprint density at radius 3 is 2.77 bits per heavy atom. The van der Waals surface area contributed by atoms with Crippen molar-refractivity contribution in [3.63, 3.8) is 0 Å². The van der Waals surface area contributed by atoms with Crippen LogP contribution < -0.4 is 10.6 Å². The lowest BCUT2D eigenvalue weighted by Crippen LogP contribution is -2.38. The molecular weight excluding hydrogens is 168 g/mol. The van der Waals surface area contributed by atoms with Gasteiger partial charge in [-0.2, -0.15) is 0 Å². The number of hydrogen-bond acceptors (Lipinski definition) is 3. The first-order chi connectivity index (χ1) is 6.20. The lowest BCUT2D eigenvalue weighted by Gasteiger charge is -2.10. The molecule has 0 aliphatic heterocycles. The van der Waals surface area contributed by atoms with Crippen molar-refractivity contribution < 1.29 is 9.53 Å². The molecule has 4 heteroatoms. The molecule has 0 heterocycles. The maximum absolute atomic E-state index is 11.1. The fourth-order valence-electron chi connectivity index (χ4n) is 0.766. The number of nitrogens with one attached hydrogen (secondary N) is 2. The highest BCUT2D eigenvalue weighted by Crippen LogP contribution is 1.85. The Hall–Kier alpha value is -0.610. The smallest absolute Gasteiger partial charge is 0.234 e. The molecule has 0 radical (unpaired) electrons. The highest BCUT2D eigenvalue weighted by molar-refractivity contribution is 5.77. The monoisotopic (exact) mass is 188 g/mol. The molecule has 0 saturated carbocycles. The molecule has 13 heavy (non-hydrogen) atoms. The summed E-state index contributed by atoms with van der Waals surface area (Å²) in [6.45, 7) is 5.67. The molecule has 0 saturated heterocycles. The zero-order valence-electron chi connectivity index (χ0n) is 8.72. The second-order valence-electron chi connectivity index (χ2n) is 3.03. The number of carbonyl (C=O) groups is 1. The first-order valence-corrected chi connectivity index (χ1v) is 4.69. The maximum Gasteiger partial charge on any atom is 0.234 e. The fourth-order valence-corrected chi connectivity index (χ4v) is 0.766. The van der Waals surface area contributed by atoms with E-state index in [-0.39, 0.29) is 5.91 Å². The van der Waals surface area contributed by atoms with Gasteiger partial charge in [0.1, 0.15) is 0 Å². The molecule has 0 aliphatic rings. The second-order valence-corrected chi connectivity index (χ2v) is 3.03. The maximum atomic E-state index is 11.1. The molecule has 1 unspecified atom stereocenters. The van der Waals surface area contributed by atoms with Crippen LogP contribution in [0.4, 0.5) is 0 Å². The molecule has 0 aromatic carbocycles. The third-order valence-corrected chi connectivity index (χ3v) is 1.85. The van der Waals surface area contributed by atoms with E-state index in [4.69, 9.17) is 4.74 Å². The summed E-state index contributed by atoms with van der Waals surface area (Å²) < 4.78 is 4.80. The van der Waals surface area contributed by atoms with Crippen molar-refractivity contribution in [3.05, 3.63) is 0 Å². The summed E-state index contributed by atoms with van der Waals surface area (Å²) in [6.07, 6.45) is 1.03. The summed E-state index contributed by atoms with van der Waals surface area (Å²) in [5, 5.41) is 5.84. The average Bonchev–Trinajstić information content (AvgIpc) is 2.14. The zero-order chi connectivity index (χ0) is 10.1. The molecule has 78 valence electrons. The molecule has 0 bridgehead atoms. The van der Waals surface area contributed by atoms with Gasteiger partial charge in [-0.15, -0.1) is 0 Å². The van der Waals surface area contributed by atoms with Crippen molar-refractivity contribution in [1.82, 2.24) is 10.6 Å². The number of carbonyl (C=O) groups excluding carboxylic acids is 1. The van der Waals surface area contributed by atoms with Crippen LogP contribution >= 0.6 is 0 Å². The van der Waals surface area contributed by atoms with E-state index < -0.39 is 0 Å². The number of hydrogen-bond donors (Lipinski definition) is 2. The van der Waals surface area contributed by atoms with Crippen molar-refractivity contribution in [2.45, 2.75) is 26.3 Å². The van der Waals surface area contributed by atoms with Crippen LogP contribution in [0.15, 0.2) is 0 Å². The van der Waals surface area contributed by atoms with Gasteiger partial charge in [-0.3, -0.25) is 4.79 Å². The highest BCUT2D eigenvalue weighted by atomic mass is 16.5. The third kappa shape index (κ3) is 7.74. The van der Waals surface area contributed by atoms with Crippen LogP contribution in [-0.4, -0.2) is 38.8 Å². The van der Waals surface area contributed by atoms with Crippen molar-refractivity contribution in [2.75, 3.05) is 26.8 Å². The predicted molar refractivity (Wildman–Crippen MR) is 52.6 cm³/mol. The van der Waals surface area contributed by atoms with E-state index in [0.29, 0.717) is 25.7 Å². The molecular formula is C9H20N2O2. The van der Waals surface area contributed by atoms with Crippen LogP contribution in [0.1, 0.15) is 20.3 Å². The first-order valence-electron chi connectivity index (χ1n) is 4.69. The second kappa shape index (κ2) is 8.01. The summed E-state index contributed by atoms with van der Waals surface area (Å²) in [4.78, 5) is 11.1. The van der Waals surface area contributed by atoms with Gasteiger partial charge in [0, 0.05) is 19.7 Å². The minimum Gasteiger partial charge on any atom is -0.383 e. The molecule has 1 amide bonds. The van der Waals surface area contributed by atoms with Gasteiger partial charge >= 0.3 is 0 Å². The average molecular weight is 188 g/mol. The van der Waals surface area contributed by atoms with Gasteiger partial charge in [-0.05, 0) is 13.3 Å². The van der Waals surface area contributed by atoms with E-state index >= 15 is 0 Å². The van der Waals surface area contributed by atoms with E-state index in [1.165, 1.54) is 0 Å². The number of methoxy groups -OCH3 is 1. The topological polar surface area (TPSA) is 50.4 Å². The van der Waals surface area contributed by atoms with Crippen LogP contribution in [0.2, 0.25) is 0 Å². The van der Waals surface area contributed by atoms with Crippen LogP contribution in [-0.2, 0) is 9.53 Å². The Morgan fingerprint density at radius 1 is 1.54 bits per heavy atom. The van der Waals surface area contributed by atoms with Crippen molar-refractivity contribution in [2.24, 2.45) is 0 Å². The summed E-state index contributed by atoms with van der Waals surface area (Å²) >= 11 is 0. The molecule has 0 fully saturated rings. The Bertz CT molecular complexity index is 140. The number of amides is 1. The van der Waals surface area contributed by atoms with Gasteiger partial charge in [0.2, 0.25) is 5.91 Å². The largest absolute Gasteiger partial charge is 0.383 e. The normalized spacial score (nSPS) is 12.5. The molecule has 4 nitrogen and oxygen atoms in total. The van der Waals surface area contributed by atoms with Gasteiger partial charge in [0.05, 0.1) is 13.2 Å². The summed E-state index contributed by atoms with van der Waals surface area (Å²) in [5.74, 6) is 0.0253. The SMILES string of the molecule is CCC(C)NCC(=O)NCCOC. The van der Waals surface area contributed by atoms with Crippen molar-refractivity contribution in [1.29, 1.82) is 0 Å². The molecule has 0 aliphatic carbocycles. The first kappa shape index (κ1) is 12.4. The Balaban J connectivity index is 3.30. The van der Waals surface area contributed by atoms with Crippen LogP contribution in [0.25, 0.3) is 0 Å². The van der Waals surface area contributed by atoms with Crippen molar-refractivity contribution >= 4 is 5.91 Å². The van der Waals surface area contributed by atoms with E-state index in [1.54, 1.807) is 7.11 Å². The minimum absolute atomic E-state index is 0.0253. The molecule has 0 aromatic heterocycles. The van der Waals surface area contributed by atoms with Crippen molar-refractivity contribution in [3.8, 4) is 0 Å². The van der Waals surface area contributed by atoms with E-state index in [2.05, 4.69) is 24.5 Å². The van der Waals surface area contributed by atoms with E-state index in [9.17, 15) is 4.79 Å². The van der Waals surface area contributed by atoms with Gasteiger partial charge in [-0.25, -0.2) is 0 Å². The lowest BCUT2D eigenvalue weighted by molar-refractivity contribution is -0.120. The lowest BCUT2D eigenvalue weighted by atomic mass is 10.2. The van der Waals surface area contributed by atoms with Crippen LogP contribution in [0.5, 0.6) is 0 Å². The highest BCUT2D eigenvalue weighted by Gasteiger charge is 2.02. The standard InChI is InChI=1S/C9H20N2O2/c1-4-8(2)11-7-9(12)10-5-6-13-3/h8,11H,4-7H2,1-3H3,(H,10,12). The molecule has 1 atom stereocenters. The fraction of sp³-hybridized carbons (Fsp3) is 0.889. The third-order valence-electron chi connectivity index (χ3n) is 1.85. The van der Waals surface area contributed by atoms with Gasteiger partial charge in [0.15, 0.2) is 0 Å². The minimum atomic E-state index is 0.0253. The quantitative estimate of drug-likeness (QED) is 0.559. The summed E-state index contributed by atoms with van der Waals surface area (Å²) in [7, 11) is 1.61. The molecule has 0 rings (SSSR count). The van der Waals surface area contributed by atoms with E-state index in [0.717, 1.165) is 6.42 Å². The number of rotatable bonds is 7. The zero-order valence-corrected chi connectivity index (χ0v) is 8.72. The Labute approximate surface area is 80.0 Å². The van der Waals surface area contributed by atoms with Gasteiger partial charge in [0.25, 0.3) is 0 Å².